The number of anilines is 1. The fourth-order valence-electron chi connectivity index (χ4n) is 2.03. The SMILES string of the molecule is CC(C)(C)NC(=O)c1ccc2c(c1)CCCN2. The van der Waals surface area contributed by atoms with Gasteiger partial charge in [-0.3, -0.25) is 4.79 Å². The third kappa shape index (κ3) is 2.99. The molecule has 0 aliphatic carbocycles. The highest BCUT2D eigenvalue weighted by molar-refractivity contribution is 5.95. The van der Waals surface area contributed by atoms with Crippen LogP contribution in [0.15, 0.2) is 18.2 Å². The largest absolute Gasteiger partial charge is 0.385 e. The summed E-state index contributed by atoms with van der Waals surface area (Å²) in [6, 6.07) is 5.90. The summed E-state index contributed by atoms with van der Waals surface area (Å²) in [4.78, 5) is 12.0. The first-order valence-electron chi connectivity index (χ1n) is 6.15. The first-order chi connectivity index (χ1) is 7.96. The molecule has 2 rings (SSSR count). The Hall–Kier alpha value is -1.51. The maximum atomic E-state index is 12.0. The molecule has 2 N–H and O–H groups in total. The lowest BCUT2D eigenvalue weighted by atomic mass is 10.00. The van der Waals surface area contributed by atoms with E-state index >= 15 is 0 Å². The fourth-order valence-corrected chi connectivity index (χ4v) is 2.03. The monoisotopic (exact) mass is 232 g/mol. The van der Waals surface area contributed by atoms with Gasteiger partial charge in [-0.15, -0.1) is 0 Å². The van der Waals surface area contributed by atoms with Gasteiger partial charge in [-0.1, -0.05) is 0 Å². The van der Waals surface area contributed by atoms with E-state index in [1.165, 1.54) is 11.3 Å². The fraction of sp³-hybridized carbons (Fsp3) is 0.500. The molecule has 0 atom stereocenters. The number of carbonyl (C=O) groups is 1. The molecule has 1 aliphatic heterocycles. The molecule has 1 heterocycles. The summed E-state index contributed by atoms with van der Waals surface area (Å²) >= 11 is 0. The highest BCUT2D eigenvalue weighted by Gasteiger charge is 2.17. The summed E-state index contributed by atoms with van der Waals surface area (Å²) in [6.45, 7) is 7.00. The average Bonchev–Trinajstić information content (AvgIpc) is 2.26. The Kier molecular flexibility index (Phi) is 3.09. The first kappa shape index (κ1) is 12.0. The maximum Gasteiger partial charge on any atom is 0.251 e. The summed E-state index contributed by atoms with van der Waals surface area (Å²) in [7, 11) is 0. The van der Waals surface area contributed by atoms with E-state index in [4.69, 9.17) is 0 Å². The van der Waals surface area contributed by atoms with Crippen LogP contribution in [0, 0.1) is 0 Å². The van der Waals surface area contributed by atoms with E-state index in [2.05, 4.69) is 10.6 Å². The van der Waals surface area contributed by atoms with Crippen molar-refractivity contribution in [3.8, 4) is 0 Å². The third-order valence-electron chi connectivity index (χ3n) is 2.79. The van der Waals surface area contributed by atoms with E-state index in [1.807, 2.05) is 39.0 Å². The maximum absolute atomic E-state index is 12.0. The lowest BCUT2D eigenvalue weighted by Gasteiger charge is -2.22. The van der Waals surface area contributed by atoms with Crippen LogP contribution in [0.25, 0.3) is 0 Å². The van der Waals surface area contributed by atoms with E-state index in [0.717, 1.165) is 24.9 Å². The zero-order valence-corrected chi connectivity index (χ0v) is 10.8. The van der Waals surface area contributed by atoms with Gasteiger partial charge in [0.15, 0.2) is 0 Å². The summed E-state index contributed by atoms with van der Waals surface area (Å²) < 4.78 is 0. The molecule has 0 radical (unpaired) electrons. The molecule has 0 bridgehead atoms. The van der Waals surface area contributed by atoms with Gasteiger partial charge >= 0.3 is 0 Å². The molecule has 92 valence electrons. The highest BCUT2D eigenvalue weighted by atomic mass is 16.1. The number of amides is 1. The van der Waals surface area contributed by atoms with Gasteiger partial charge in [0.2, 0.25) is 0 Å². The molecule has 1 aliphatic rings. The molecule has 17 heavy (non-hydrogen) atoms. The van der Waals surface area contributed by atoms with Crippen LogP contribution in [0.1, 0.15) is 43.1 Å². The van der Waals surface area contributed by atoms with E-state index in [1.54, 1.807) is 0 Å². The standard InChI is InChI=1S/C14H20N2O/c1-14(2,3)16-13(17)11-6-7-12-10(9-11)5-4-8-15-12/h6-7,9,15H,4-5,8H2,1-3H3,(H,16,17). The minimum Gasteiger partial charge on any atom is -0.385 e. The number of carbonyl (C=O) groups excluding carboxylic acids is 1. The number of hydrogen-bond donors (Lipinski definition) is 2. The zero-order chi connectivity index (χ0) is 12.5. The van der Waals surface area contributed by atoms with E-state index in [9.17, 15) is 4.79 Å². The van der Waals surface area contributed by atoms with Crippen LogP contribution in [0.5, 0.6) is 0 Å². The minimum atomic E-state index is -0.189. The number of fused-ring (bicyclic) bond motifs is 1. The topological polar surface area (TPSA) is 41.1 Å². The molecule has 3 heteroatoms. The van der Waals surface area contributed by atoms with Crippen molar-refractivity contribution in [2.45, 2.75) is 39.2 Å². The Morgan fingerprint density at radius 1 is 1.35 bits per heavy atom. The van der Waals surface area contributed by atoms with Crippen LogP contribution in [0.2, 0.25) is 0 Å². The Labute approximate surface area is 103 Å². The average molecular weight is 232 g/mol. The molecule has 1 aromatic rings. The summed E-state index contributed by atoms with van der Waals surface area (Å²) in [5.41, 5.74) is 2.98. The second kappa shape index (κ2) is 4.40. The summed E-state index contributed by atoms with van der Waals surface area (Å²) in [6.07, 6.45) is 2.19. The van der Waals surface area contributed by atoms with Crippen LogP contribution in [-0.4, -0.2) is 18.0 Å². The highest BCUT2D eigenvalue weighted by Crippen LogP contribution is 2.23. The van der Waals surface area contributed by atoms with Crippen molar-refractivity contribution in [1.82, 2.24) is 5.32 Å². The Bertz CT molecular complexity index is 432. The van der Waals surface area contributed by atoms with Gasteiger partial charge < -0.3 is 10.6 Å². The molecule has 0 spiro atoms. The minimum absolute atomic E-state index is 0.00544. The second-order valence-electron chi connectivity index (χ2n) is 5.61. The molecule has 0 unspecified atom stereocenters. The van der Waals surface area contributed by atoms with E-state index < -0.39 is 0 Å². The van der Waals surface area contributed by atoms with Crippen molar-refractivity contribution in [3.05, 3.63) is 29.3 Å². The Morgan fingerprint density at radius 2 is 2.12 bits per heavy atom. The molecular weight excluding hydrogens is 212 g/mol. The van der Waals surface area contributed by atoms with Crippen molar-refractivity contribution >= 4 is 11.6 Å². The molecule has 0 fully saturated rings. The molecule has 0 saturated heterocycles. The number of hydrogen-bond acceptors (Lipinski definition) is 2. The van der Waals surface area contributed by atoms with Crippen LogP contribution in [-0.2, 0) is 6.42 Å². The molecule has 1 amide bonds. The van der Waals surface area contributed by atoms with E-state index in [-0.39, 0.29) is 11.4 Å². The van der Waals surface area contributed by atoms with Crippen LogP contribution in [0.4, 0.5) is 5.69 Å². The second-order valence-corrected chi connectivity index (χ2v) is 5.61. The molecule has 0 saturated carbocycles. The Morgan fingerprint density at radius 3 is 2.82 bits per heavy atom. The van der Waals surface area contributed by atoms with Crippen LogP contribution < -0.4 is 10.6 Å². The third-order valence-corrected chi connectivity index (χ3v) is 2.79. The van der Waals surface area contributed by atoms with Crippen molar-refractivity contribution in [2.24, 2.45) is 0 Å². The lowest BCUT2D eigenvalue weighted by molar-refractivity contribution is 0.0919. The lowest BCUT2D eigenvalue weighted by Crippen LogP contribution is -2.40. The number of aryl methyl sites for hydroxylation is 1. The van der Waals surface area contributed by atoms with Crippen molar-refractivity contribution in [3.63, 3.8) is 0 Å². The van der Waals surface area contributed by atoms with Gasteiger partial charge in [0.1, 0.15) is 0 Å². The normalized spacial score (nSPS) is 14.8. The predicted molar refractivity (Wildman–Crippen MR) is 70.5 cm³/mol. The molecule has 0 aromatic heterocycles. The van der Waals surface area contributed by atoms with Crippen molar-refractivity contribution in [2.75, 3.05) is 11.9 Å². The van der Waals surface area contributed by atoms with Crippen LogP contribution >= 0.6 is 0 Å². The Balaban J connectivity index is 2.19. The van der Waals surface area contributed by atoms with Gasteiger partial charge in [0.25, 0.3) is 5.91 Å². The van der Waals surface area contributed by atoms with Gasteiger partial charge in [-0.2, -0.15) is 0 Å². The van der Waals surface area contributed by atoms with Crippen molar-refractivity contribution < 1.29 is 4.79 Å². The molecule has 3 nitrogen and oxygen atoms in total. The summed E-state index contributed by atoms with van der Waals surface area (Å²) in [5, 5.41) is 6.33. The zero-order valence-electron chi connectivity index (χ0n) is 10.8. The number of nitrogens with one attached hydrogen (secondary N) is 2. The molecule has 1 aromatic carbocycles. The van der Waals surface area contributed by atoms with E-state index in [0.29, 0.717) is 0 Å². The quantitative estimate of drug-likeness (QED) is 0.781. The summed E-state index contributed by atoms with van der Waals surface area (Å²) in [5.74, 6) is 0.00544. The smallest absolute Gasteiger partial charge is 0.251 e. The van der Waals surface area contributed by atoms with Gasteiger partial charge in [-0.25, -0.2) is 0 Å². The number of benzene rings is 1. The molecular formula is C14H20N2O. The first-order valence-corrected chi connectivity index (χ1v) is 6.15. The van der Waals surface area contributed by atoms with Gasteiger partial charge in [-0.05, 0) is 57.4 Å². The number of rotatable bonds is 1. The van der Waals surface area contributed by atoms with Crippen molar-refractivity contribution in [1.29, 1.82) is 0 Å². The van der Waals surface area contributed by atoms with Gasteiger partial charge in [0, 0.05) is 23.3 Å². The van der Waals surface area contributed by atoms with Crippen LogP contribution in [0.3, 0.4) is 0 Å². The predicted octanol–water partition coefficient (Wildman–Crippen LogP) is 2.57. The van der Waals surface area contributed by atoms with Gasteiger partial charge in [0.05, 0.1) is 0 Å².